The number of aliphatic carboxylic acids is 1. The summed E-state index contributed by atoms with van der Waals surface area (Å²) in [5.74, 6) is 0.490. The number of unbranched alkanes of at least 4 members (excludes halogenated alkanes) is 2. The molecule has 0 unspecified atom stereocenters. The zero-order valence-electron chi connectivity index (χ0n) is 11.7. The highest BCUT2D eigenvalue weighted by molar-refractivity contribution is 6.32. The number of benzene rings is 1. The summed E-state index contributed by atoms with van der Waals surface area (Å²) in [6, 6.07) is 3.49. The maximum Gasteiger partial charge on any atom is 0.303 e. The molecule has 112 valence electrons. The fourth-order valence-corrected chi connectivity index (χ4v) is 2.03. The largest absolute Gasteiger partial charge is 0.495 e. The molecule has 0 saturated carbocycles. The first-order chi connectivity index (χ1) is 9.58. The molecule has 0 aromatic heterocycles. The Balaban J connectivity index is 2.48. The molecule has 0 radical (unpaired) electrons. The molecule has 0 spiro atoms. The number of anilines is 1. The van der Waals surface area contributed by atoms with Crippen molar-refractivity contribution in [2.24, 2.45) is 0 Å². The molecule has 0 heterocycles. The number of ether oxygens (including phenoxy) is 2. The van der Waals surface area contributed by atoms with E-state index in [4.69, 9.17) is 26.2 Å². The Morgan fingerprint density at radius 3 is 2.50 bits per heavy atom. The van der Waals surface area contributed by atoms with Gasteiger partial charge in [-0.25, -0.2) is 0 Å². The third kappa shape index (κ3) is 5.17. The molecular formula is C14H20ClNO4. The molecule has 0 fully saturated rings. The van der Waals surface area contributed by atoms with Crippen LogP contribution in [0.4, 0.5) is 5.69 Å². The van der Waals surface area contributed by atoms with E-state index < -0.39 is 5.97 Å². The van der Waals surface area contributed by atoms with Gasteiger partial charge in [-0.1, -0.05) is 18.0 Å². The summed E-state index contributed by atoms with van der Waals surface area (Å²) < 4.78 is 10.4. The van der Waals surface area contributed by atoms with E-state index in [2.05, 4.69) is 5.32 Å². The summed E-state index contributed by atoms with van der Waals surface area (Å²) in [6.45, 7) is 0.737. The molecule has 0 atom stereocenters. The Kier molecular flexibility index (Phi) is 7.01. The molecule has 0 amide bonds. The summed E-state index contributed by atoms with van der Waals surface area (Å²) in [6.07, 6.45) is 2.67. The molecule has 20 heavy (non-hydrogen) atoms. The van der Waals surface area contributed by atoms with E-state index in [0.29, 0.717) is 22.9 Å². The maximum atomic E-state index is 10.4. The van der Waals surface area contributed by atoms with Crippen LogP contribution in [0.15, 0.2) is 12.1 Å². The van der Waals surface area contributed by atoms with Crippen LogP contribution >= 0.6 is 11.6 Å². The molecule has 6 heteroatoms. The Bertz CT molecular complexity index is 451. The van der Waals surface area contributed by atoms with Gasteiger partial charge < -0.3 is 19.9 Å². The molecule has 5 nitrogen and oxygen atoms in total. The van der Waals surface area contributed by atoms with E-state index >= 15 is 0 Å². The van der Waals surface area contributed by atoms with Crippen molar-refractivity contribution in [1.29, 1.82) is 0 Å². The smallest absolute Gasteiger partial charge is 0.303 e. The average molecular weight is 302 g/mol. The van der Waals surface area contributed by atoms with Gasteiger partial charge in [0.15, 0.2) is 0 Å². The lowest BCUT2D eigenvalue weighted by atomic mass is 10.2. The van der Waals surface area contributed by atoms with Gasteiger partial charge in [0.2, 0.25) is 0 Å². The normalized spacial score (nSPS) is 10.2. The summed E-state index contributed by atoms with van der Waals surface area (Å²) >= 11 is 6.02. The summed E-state index contributed by atoms with van der Waals surface area (Å²) in [5.41, 5.74) is 0.812. The molecule has 2 N–H and O–H groups in total. The van der Waals surface area contributed by atoms with E-state index in [-0.39, 0.29) is 6.42 Å². The number of halogens is 1. The van der Waals surface area contributed by atoms with Crippen LogP contribution in [-0.2, 0) is 4.79 Å². The summed E-state index contributed by atoms with van der Waals surface area (Å²) in [7, 11) is 3.14. The number of methoxy groups -OCH3 is 2. The first kappa shape index (κ1) is 16.4. The Morgan fingerprint density at radius 2 is 1.90 bits per heavy atom. The number of carboxylic acids is 1. The van der Waals surface area contributed by atoms with Crippen molar-refractivity contribution in [3.8, 4) is 11.5 Å². The SMILES string of the molecule is COc1cc(NCCCCCC(=O)O)c(OC)cc1Cl. The van der Waals surface area contributed by atoms with E-state index in [1.54, 1.807) is 26.4 Å². The molecule has 1 aromatic rings. The van der Waals surface area contributed by atoms with Gasteiger partial charge in [0.05, 0.1) is 24.9 Å². The second kappa shape index (κ2) is 8.53. The number of rotatable bonds is 9. The average Bonchev–Trinajstić information content (AvgIpc) is 2.43. The Morgan fingerprint density at radius 1 is 1.20 bits per heavy atom. The van der Waals surface area contributed by atoms with Crippen molar-refractivity contribution >= 4 is 23.3 Å². The predicted molar refractivity (Wildman–Crippen MR) is 79.1 cm³/mol. The van der Waals surface area contributed by atoms with Crippen LogP contribution in [0.1, 0.15) is 25.7 Å². The van der Waals surface area contributed by atoms with Crippen LogP contribution in [0.2, 0.25) is 5.02 Å². The number of nitrogens with one attached hydrogen (secondary N) is 1. The zero-order chi connectivity index (χ0) is 15.0. The van der Waals surface area contributed by atoms with Crippen LogP contribution in [0.5, 0.6) is 11.5 Å². The van der Waals surface area contributed by atoms with Gasteiger partial charge in [-0.15, -0.1) is 0 Å². The number of hydrogen-bond acceptors (Lipinski definition) is 4. The monoisotopic (exact) mass is 301 g/mol. The van der Waals surface area contributed by atoms with Crippen LogP contribution in [-0.4, -0.2) is 31.8 Å². The number of carboxylic acid groups (broad SMARTS) is 1. The van der Waals surface area contributed by atoms with Crippen molar-refractivity contribution in [1.82, 2.24) is 0 Å². The highest BCUT2D eigenvalue weighted by Crippen LogP contribution is 2.35. The second-order valence-electron chi connectivity index (χ2n) is 4.32. The third-order valence-electron chi connectivity index (χ3n) is 2.86. The minimum Gasteiger partial charge on any atom is -0.495 e. The van der Waals surface area contributed by atoms with Gasteiger partial charge in [-0.2, -0.15) is 0 Å². The standard InChI is InChI=1S/C14H20ClNO4/c1-19-12-9-11(13(20-2)8-10(12)15)16-7-5-3-4-6-14(17)18/h8-9,16H,3-7H2,1-2H3,(H,17,18). The van der Waals surface area contributed by atoms with E-state index in [1.807, 2.05) is 0 Å². The van der Waals surface area contributed by atoms with Gasteiger partial charge in [0, 0.05) is 25.1 Å². The van der Waals surface area contributed by atoms with Crippen LogP contribution < -0.4 is 14.8 Å². The fraction of sp³-hybridized carbons (Fsp3) is 0.500. The van der Waals surface area contributed by atoms with Crippen molar-refractivity contribution < 1.29 is 19.4 Å². The van der Waals surface area contributed by atoms with Crippen molar-refractivity contribution in [2.75, 3.05) is 26.1 Å². The first-order valence-corrected chi connectivity index (χ1v) is 6.83. The van der Waals surface area contributed by atoms with E-state index in [9.17, 15) is 4.79 Å². The lowest BCUT2D eigenvalue weighted by Crippen LogP contribution is -2.04. The van der Waals surface area contributed by atoms with Gasteiger partial charge >= 0.3 is 5.97 Å². The van der Waals surface area contributed by atoms with Crippen LogP contribution in [0.3, 0.4) is 0 Å². The molecule has 0 aliphatic heterocycles. The maximum absolute atomic E-state index is 10.4. The van der Waals surface area contributed by atoms with Gasteiger partial charge in [-0.05, 0) is 12.8 Å². The quantitative estimate of drug-likeness (QED) is 0.684. The zero-order valence-corrected chi connectivity index (χ0v) is 12.5. The number of hydrogen-bond donors (Lipinski definition) is 2. The van der Waals surface area contributed by atoms with Crippen molar-refractivity contribution in [3.63, 3.8) is 0 Å². The Labute approximate surface area is 123 Å². The van der Waals surface area contributed by atoms with Crippen molar-refractivity contribution in [2.45, 2.75) is 25.7 Å². The summed E-state index contributed by atoms with van der Waals surface area (Å²) in [4.78, 5) is 10.4. The lowest BCUT2D eigenvalue weighted by Gasteiger charge is -2.13. The van der Waals surface area contributed by atoms with Crippen LogP contribution in [0, 0.1) is 0 Å². The third-order valence-corrected chi connectivity index (χ3v) is 3.15. The molecule has 0 aliphatic rings. The highest BCUT2D eigenvalue weighted by atomic mass is 35.5. The molecular weight excluding hydrogens is 282 g/mol. The topological polar surface area (TPSA) is 67.8 Å². The van der Waals surface area contributed by atoms with E-state index in [1.165, 1.54) is 0 Å². The summed E-state index contributed by atoms with van der Waals surface area (Å²) in [5, 5.41) is 12.3. The molecule has 1 aromatic carbocycles. The Hall–Kier alpha value is -1.62. The van der Waals surface area contributed by atoms with Crippen LogP contribution in [0.25, 0.3) is 0 Å². The lowest BCUT2D eigenvalue weighted by molar-refractivity contribution is -0.137. The van der Waals surface area contributed by atoms with E-state index in [0.717, 1.165) is 25.1 Å². The molecule has 0 aliphatic carbocycles. The van der Waals surface area contributed by atoms with Gasteiger partial charge in [0.1, 0.15) is 11.5 Å². The first-order valence-electron chi connectivity index (χ1n) is 6.45. The highest BCUT2D eigenvalue weighted by Gasteiger charge is 2.09. The predicted octanol–water partition coefficient (Wildman–Crippen LogP) is 3.41. The van der Waals surface area contributed by atoms with Crippen molar-refractivity contribution in [3.05, 3.63) is 17.2 Å². The number of carbonyl (C=O) groups is 1. The van der Waals surface area contributed by atoms with Gasteiger partial charge in [-0.3, -0.25) is 4.79 Å². The minimum atomic E-state index is -0.748. The minimum absolute atomic E-state index is 0.220. The van der Waals surface area contributed by atoms with Gasteiger partial charge in [0.25, 0.3) is 0 Å². The molecule has 0 bridgehead atoms. The molecule has 0 saturated heterocycles. The molecule has 1 rings (SSSR count). The fourth-order valence-electron chi connectivity index (χ4n) is 1.80. The second-order valence-corrected chi connectivity index (χ2v) is 4.73.